The lowest BCUT2D eigenvalue weighted by Gasteiger charge is -2.30. The normalized spacial score (nSPS) is 31.4. The third-order valence-corrected chi connectivity index (χ3v) is 4.35. The molecule has 0 radical (unpaired) electrons. The summed E-state index contributed by atoms with van der Waals surface area (Å²) in [5.74, 6) is -4.60. The Kier molecular flexibility index (Phi) is 8.04. The minimum atomic E-state index is -1.27. The number of nitrogens with zero attached hydrogens (tertiary/aromatic N) is 3. The van der Waals surface area contributed by atoms with Crippen LogP contribution < -0.4 is 0 Å². The molecule has 0 aromatic rings. The molecule has 11 heteroatoms. The maximum Gasteiger partial charge on any atom is 0.323 e. The molecule has 3 rings (SSSR count). The summed E-state index contributed by atoms with van der Waals surface area (Å²) in [5.41, 5.74) is 0. The summed E-state index contributed by atoms with van der Waals surface area (Å²) in [4.78, 5) is 47.4. The molecule has 3 saturated heterocycles. The highest BCUT2D eigenvalue weighted by Crippen LogP contribution is 2.50. The van der Waals surface area contributed by atoms with Gasteiger partial charge in [0, 0.05) is 27.9 Å². The standard InChI is InChI=1S/C13H15NO8.2C2H3N/c1-4(15)21-11-9-7-6(8(22-9)10(11)20-2)12(18)14(13(7)19)3-5(16)17;2*1-2-3/h6-11H,3H2,1-2H3,(H,16,17);2*1H3/t6?,7?,8-,9?,10+,11?;;/m0../s1. The molecule has 0 aromatic carbocycles. The average molecular weight is 395 g/mol. The number of hydrogen-bond acceptors (Lipinski definition) is 9. The fraction of sp³-hybridized carbons (Fsp3) is 0.647. The van der Waals surface area contributed by atoms with Crippen molar-refractivity contribution in [3.05, 3.63) is 0 Å². The van der Waals surface area contributed by atoms with E-state index < -0.39 is 66.5 Å². The van der Waals surface area contributed by atoms with Crippen LogP contribution in [0.15, 0.2) is 0 Å². The molecular weight excluding hydrogens is 374 g/mol. The predicted molar refractivity (Wildman–Crippen MR) is 88.9 cm³/mol. The van der Waals surface area contributed by atoms with Gasteiger partial charge in [-0.15, -0.1) is 0 Å². The van der Waals surface area contributed by atoms with Gasteiger partial charge < -0.3 is 19.3 Å². The topological polar surface area (TPSA) is 167 Å². The van der Waals surface area contributed by atoms with Gasteiger partial charge in [-0.2, -0.15) is 10.5 Å². The van der Waals surface area contributed by atoms with Crippen molar-refractivity contribution >= 4 is 23.8 Å². The molecule has 11 nitrogen and oxygen atoms in total. The SMILES string of the molecule is CC#N.CC#N.CO[C@H]1C(OC(C)=O)C2O[C@H]1C1C(=O)N(CC(=O)O)C(=O)C21. The number of carbonyl (C=O) groups is 4. The lowest BCUT2D eigenvalue weighted by molar-refractivity contribution is -0.159. The Labute approximate surface area is 161 Å². The van der Waals surface area contributed by atoms with Gasteiger partial charge in [-0.3, -0.25) is 24.1 Å². The van der Waals surface area contributed by atoms with Crippen molar-refractivity contribution in [2.24, 2.45) is 11.8 Å². The van der Waals surface area contributed by atoms with Crippen LogP contribution in [0.25, 0.3) is 0 Å². The molecule has 1 N–H and O–H groups in total. The van der Waals surface area contributed by atoms with E-state index in [9.17, 15) is 19.2 Å². The van der Waals surface area contributed by atoms with Gasteiger partial charge in [0.15, 0.2) is 6.10 Å². The Hall–Kier alpha value is -3.02. The maximum absolute atomic E-state index is 12.3. The first-order valence-corrected chi connectivity index (χ1v) is 8.24. The van der Waals surface area contributed by atoms with Gasteiger partial charge in [0.1, 0.15) is 24.9 Å². The minimum Gasteiger partial charge on any atom is -0.480 e. The van der Waals surface area contributed by atoms with Crippen LogP contribution in [0.5, 0.6) is 0 Å². The van der Waals surface area contributed by atoms with Crippen molar-refractivity contribution in [2.75, 3.05) is 13.7 Å². The fourth-order valence-electron chi connectivity index (χ4n) is 3.64. The molecule has 3 aliphatic heterocycles. The molecule has 3 aliphatic rings. The van der Waals surface area contributed by atoms with Crippen LogP contribution in [0.1, 0.15) is 20.8 Å². The zero-order chi connectivity index (χ0) is 21.6. The van der Waals surface area contributed by atoms with Gasteiger partial charge in [-0.1, -0.05) is 0 Å². The molecule has 4 unspecified atom stereocenters. The molecule has 28 heavy (non-hydrogen) atoms. The van der Waals surface area contributed by atoms with Gasteiger partial charge in [-0.05, 0) is 0 Å². The van der Waals surface area contributed by atoms with Gasteiger partial charge in [-0.25, -0.2) is 0 Å². The van der Waals surface area contributed by atoms with E-state index in [-0.39, 0.29) is 0 Å². The van der Waals surface area contributed by atoms with Crippen LogP contribution in [0.4, 0.5) is 0 Å². The van der Waals surface area contributed by atoms with Crippen LogP contribution in [0, 0.1) is 34.5 Å². The second kappa shape index (κ2) is 9.78. The Bertz CT molecular complexity index is 713. The number of carboxylic acids is 1. The molecule has 0 aromatic heterocycles. The van der Waals surface area contributed by atoms with E-state index in [0.29, 0.717) is 0 Å². The Balaban J connectivity index is 0.000000582. The third kappa shape index (κ3) is 4.27. The lowest BCUT2D eigenvalue weighted by Crippen LogP contribution is -2.50. The molecule has 3 fully saturated rings. The van der Waals surface area contributed by atoms with E-state index in [1.807, 2.05) is 0 Å². The number of esters is 1. The second-order valence-corrected chi connectivity index (χ2v) is 5.99. The average Bonchev–Trinajstić information content (AvgIpc) is 3.21. The molecule has 0 spiro atoms. The maximum atomic E-state index is 12.3. The number of likely N-dealkylation sites (tertiary alicyclic amines) is 1. The molecule has 0 aliphatic carbocycles. The summed E-state index contributed by atoms with van der Waals surface area (Å²) in [6.45, 7) is 3.41. The number of imide groups is 1. The van der Waals surface area contributed by atoms with Crippen molar-refractivity contribution in [3.63, 3.8) is 0 Å². The number of rotatable bonds is 4. The second-order valence-electron chi connectivity index (χ2n) is 5.99. The molecule has 0 saturated carbocycles. The number of amides is 2. The van der Waals surface area contributed by atoms with Crippen LogP contribution in [0.3, 0.4) is 0 Å². The largest absolute Gasteiger partial charge is 0.480 e. The van der Waals surface area contributed by atoms with Gasteiger partial charge >= 0.3 is 11.9 Å². The quantitative estimate of drug-likeness (QED) is 0.482. The van der Waals surface area contributed by atoms with Crippen LogP contribution in [-0.2, 0) is 33.4 Å². The number of aliphatic carboxylic acids is 1. The molecular formula is C17H21N3O8. The zero-order valence-electron chi connectivity index (χ0n) is 15.8. The number of carbonyl (C=O) groups excluding carboxylic acids is 3. The highest BCUT2D eigenvalue weighted by atomic mass is 16.6. The van der Waals surface area contributed by atoms with E-state index in [2.05, 4.69) is 0 Å². The lowest BCUT2D eigenvalue weighted by atomic mass is 9.78. The van der Waals surface area contributed by atoms with E-state index >= 15 is 0 Å². The number of carboxylic acid groups (broad SMARTS) is 1. The van der Waals surface area contributed by atoms with E-state index in [0.717, 1.165) is 4.90 Å². The van der Waals surface area contributed by atoms with E-state index in [1.54, 1.807) is 12.1 Å². The Morgan fingerprint density at radius 1 is 1.11 bits per heavy atom. The van der Waals surface area contributed by atoms with Crippen molar-refractivity contribution in [1.82, 2.24) is 4.90 Å². The molecule has 152 valence electrons. The van der Waals surface area contributed by atoms with E-state index in [4.69, 9.17) is 29.8 Å². The summed E-state index contributed by atoms with van der Waals surface area (Å²) in [6.07, 6.45) is -2.95. The Morgan fingerprint density at radius 2 is 1.54 bits per heavy atom. The summed E-state index contributed by atoms with van der Waals surface area (Å²) in [5, 5.41) is 23.5. The van der Waals surface area contributed by atoms with Gasteiger partial charge in [0.2, 0.25) is 11.8 Å². The monoisotopic (exact) mass is 395 g/mol. The summed E-state index contributed by atoms with van der Waals surface area (Å²) < 4.78 is 16.1. The number of methoxy groups -OCH3 is 1. The first-order valence-electron chi connectivity index (χ1n) is 8.24. The molecule has 3 heterocycles. The summed E-state index contributed by atoms with van der Waals surface area (Å²) in [7, 11) is 1.40. The van der Waals surface area contributed by atoms with Crippen molar-refractivity contribution < 1.29 is 38.5 Å². The van der Waals surface area contributed by atoms with Crippen LogP contribution >= 0.6 is 0 Å². The Morgan fingerprint density at radius 3 is 1.89 bits per heavy atom. The fourth-order valence-corrected chi connectivity index (χ4v) is 3.64. The van der Waals surface area contributed by atoms with Crippen LogP contribution in [0.2, 0.25) is 0 Å². The first kappa shape index (κ1) is 23.0. The number of hydrogen-bond donors (Lipinski definition) is 1. The number of fused-ring (bicyclic) bond motifs is 5. The summed E-state index contributed by atoms with van der Waals surface area (Å²) in [6, 6.07) is 3.50. The molecule has 2 amide bonds. The summed E-state index contributed by atoms with van der Waals surface area (Å²) >= 11 is 0. The third-order valence-electron chi connectivity index (χ3n) is 4.35. The predicted octanol–water partition coefficient (Wildman–Crippen LogP) is -0.540. The van der Waals surface area contributed by atoms with Crippen LogP contribution in [-0.4, -0.2) is 71.8 Å². The molecule has 6 atom stereocenters. The number of nitriles is 2. The van der Waals surface area contributed by atoms with Gasteiger partial charge in [0.25, 0.3) is 0 Å². The minimum absolute atomic E-state index is 0.543. The van der Waals surface area contributed by atoms with Crippen molar-refractivity contribution in [2.45, 2.75) is 45.2 Å². The number of ether oxygens (including phenoxy) is 3. The van der Waals surface area contributed by atoms with Crippen molar-refractivity contribution in [3.8, 4) is 12.1 Å². The van der Waals surface area contributed by atoms with Crippen molar-refractivity contribution in [1.29, 1.82) is 10.5 Å². The highest BCUT2D eigenvalue weighted by molar-refractivity contribution is 6.08. The van der Waals surface area contributed by atoms with Gasteiger partial charge in [0.05, 0.1) is 24.0 Å². The molecule has 2 bridgehead atoms. The zero-order valence-corrected chi connectivity index (χ0v) is 15.8. The first-order chi connectivity index (χ1) is 13.2. The highest BCUT2D eigenvalue weighted by Gasteiger charge is 2.70. The smallest absolute Gasteiger partial charge is 0.323 e. The van der Waals surface area contributed by atoms with E-state index in [1.165, 1.54) is 27.9 Å².